The van der Waals surface area contributed by atoms with E-state index in [1.54, 1.807) is 6.07 Å². The maximum absolute atomic E-state index is 13.8. The molecule has 6 heteroatoms. The van der Waals surface area contributed by atoms with Gasteiger partial charge in [0, 0.05) is 28.1 Å². The summed E-state index contributed by atoms with van der Waals surface area (Å²) in [5.74, 6) is -0.489. The van der Waals surface area contributed by atoms with Crippen LogP contribution in [0.1, 0.15) is 17.0 Å². The highest BCUT2D eigenvalue weighted by molar-refractivity contribution is 9.10. The molecule has 3 rings (SSSR count). The standard InChI is InChI=1S/C20H19BrFN3O/c1-13-10-15(14(2)25(13)17-6-4-3-5-7-17)12-23-20(26)24-19-9-8-16(21)11-18(19)22/h3-11H,12H2,1-2H3,(H2,23,24,26). The van der Waals surface area contributed by atoms with E-state index in [4.69, 9.17) is 0 Å². The number of benzene rings is 2. The van der Waals surface area contributed by atoms with Gasteiger partial charge in [0.05, 0.1) is 5.69 Å². The van der Waals surface area contributed by atoms with Gasteiger partial charge in [0.25, 0.3) is 0 Å². The lowest BCUT2D eigenvalue weighted by Crippen LogP contribution is -2.28. The molecule has 0 saturated heterocycles. The molecule has 4 nitrogen and oxygen atoms in total. The van der Waals surface area contributed by atoms with Crippen molar-refractivity contribution in [2.45, 2.75) is 20.4 Å². The largest absolute Gasteiger partial charge is 0.334 e. The highest BCUT2D eigenvalue weighted by atomic mass is 79.9. The van der Waals surface area contributed by atoms with Crippen molar-refractivity contribution in [3.05, 3.63) is 81.8 Å². The second-order valence-corrected chi connectivity index (χ2v) is 6.91. The Morgan fingerprint density at radius 2 is 1.85 bits per heavy atom. The summed E-state index contributed by atoms with van der Waals surface area (Å²) in [7, 11) is 0. The summed E-state index contributed by atoms with van der Waals surface area (Å²) in [4.78, 5) is 12.1. The molecule has 0 radical (unpaired) electrons. The van der Waals surface area contributed by atoms with E-state index in [1.165, 1.54) is 12.1 Å². The zero-order valence-electron chi connectivity index (χ0n) is 14.5. The van der Waals surface area contributed by atoms with Gasteiger partial charge in [-0.05, 0) is 55.8 Å². The lowest BCUT2D eigenvalue weighted by Gasteiger charge is -2.11. The molecule has 3 aromatic rings. The molecule has 1 aromatic heterocycles. The van der Waals surface area contributed by atoms with Gasteiger partial charge in [0.15, 0.2) is 0 Å². The van der Waals surface area contributed by atoms with Gasteiger partial charge in [0.2, 0.25) is 0 Å². The SMILES string of the molecule is Cc1cc(CNC(=O)Nc2ccc(Br)cc2F)c(C)n1-c1ccccc1. The highest BCUT2D eigenvalue weighted by Crippen LogP contribution is 2.21. The Morgan fingerprint density at radius 3 is 2.54 bits per heavy atom. The van der Waals surface area contributed by atoms with Crippen LogP contribution < -0.4 is 10.6 Å². The topological polar surface area (TPSA) is 46.1 Å². The fraction of sp³-hybridized carbons (Fsp3) is 0.150. The lowest BCUT2D eigenvalue weighted by atomic mass is 10.2. The number of hydrogen-bond donors (Lipinski definition) is 2. The first-order chi connectivity index (χ1) is 12.5. The van der Waals surface area contributed by atoms with E-state index in [1.807, 2.05) is 50.2 Å². The van der Waals surface area contributed by atoms with Crippen molar-refractivity contribution in [3.8, 4) is 5.69 Å². The maximum atomic E-state index is 13.8. The smallest absolute Gasteiger partial charge is 0.319 e. The second-order valence-electron chi connectivity index (χ2n) is 6.00. The van der Waals surface area contributed by atoms with E-state index in [0.29, 0.717) is 11.0 Å². The molecule has 2 amide bonds. The third-order valence-electron chi connectivity index (χ3n) is 4.17. The minimum atomic E-state index is -0.489. The molecule has 26 heavy (non-hydrogen) atoms. The third kappa shape index (κ3) is 3.96. The van der Waals surface area contributed by atoms with E-state index in [0.717, 1.165) is 22.6 Å². The summed E-state index contributed by atoms with van der Waals surface area (Å²) < 4.78 is 16.6. The van der Waals surface area contributed by atoms with Crippen LogP contribution in [-0.4, -0.2) is 10.6 Å². The predicted molar refractivity (Wildman–Crippen MR) is 105 cm³/mol. The molecule has 0 aliphatic carbocycles. The van der Waals surface area contributed by atoms with Crippen LogP contribution in [-0.2, 0) is 6.54 Å². The van der Waals surface area contributed by atoms with Crippen molar-refractivity contribution >= 4 is 27.6 Å². The maximum Gasteiger partial charge on any atom is 0.319 e. The first kappa shape index (κ1) is 18.2. The number of urea groups is 1. The van der Waals surface area contributed by atoms with E-state index in [9.17, 15) is 9.18 Å². The molecule has 0 aliphatic rings. The van der Waals surface area contributed by atoms with Crippen molar-refractivity contribution in [2.75, 3.05) is 5.32 Å². The zero-order chi connectivity index (χ0) is 18.7. The molecular formula is C20H19BrFN3O. The van der Waals surface area contributed by atoms with E-state index in [-0.39, 0.29) is 5.69 Å². The number of anilines is 1. The van der Waals surface area contributed by atoms with Crippen LogP contribution in [0.15, 0.2) is 59.1 Å². The van der Waals surface area contributed by atoms with Crippen LogP contribution in [0, 0.1) is 19.7 Å². The molecule has 2 N–H and O–H groups in total. The van der Waals surface area contributed by atoms with Crippen LogP contribution in [0.2, 0.25) is 0 Å². The molecule has 0 atom stereocenters. The lowest BCUT2D eigenvalue weighted by molar-refractivity contribution is 0.251. The Balaban J connectivity index is 1.69. The summed E-state index contributed by atoms with van der Waals surface area (Å²) >= 11 is 3.19. The van der Waals surface area contributed by atoms with Crippen molar-refractivity contribution < 1.29 is 9.18 Å². The number of rotatable bonds is 4. The molecule has 0 aliphatic heterocycles. The fourth-order valence-electron chi connectivity index (χ4n) is 2.92. The summed E-state index contributed by atoms with van der Waals surface area (Å²) in [5.41, 5.74) is 4.38. The molecule has 0 fully saturated rings. The van der Waals surface area contributed by atoms with E-state index >= 15 is 0 Å². The van der Waals surface area contributed by atoms with Gasteiger partial charge in [-0.1, -0.05) is 34.1 Å². The Kier molecular flexibility index (Phi) is 5.42. The molecule has 134 valence electrons. The fourth-order valence-corrected chi connectivity index (χ4v) is 3.25. The normalized spacial score (nSPS) is 10.6. The van der Waals surface area contributed by atoms with Gasteiger partial charge in [-0.15, -0.1) is 0 Å². The monoisotopic (exact) mass is 415 g/mol. The van der Waals surface area contributed by atoms with Crippen LogP contribution in [0.4, 0.5) is 14.9 Å². The minimum Gasteiger partial charge on any atom is -0.334 e. The number of nitrogens with zero attached hydrogens (tertiary/aromatic N) is 1. The second kappa shape index (κ2) is 7.74. The molecular weight excluding hydrogens is 397 g/mol. The average Bonchev–Trinajstić information content (AvgIpc) is 2.90. The first-order valence-corrected chi connectivity index (χ1v) is 8.98. The Morgan fingerprint density at radius 1 is 1.12 bits per heavy atom. The number of nitrogens with one attached hydrogen (secondary N) is 2. The summed E-state index contributed by atoms with van der Waals surface area (Å²) in [6, 6.07) is 16.1. The number of carbonyl (C=O) groups excluding carboxylic acids is 1. The molecule has 0 spiro atoms. The number of aromatic nitrogens is 1. The molecule has 2 aromatic carbocycles. The Labute approximate surface area is 160 Å². The molecule has 1 heterocycles. The van der Waals surface area contributed by atoms with E-state index in [2.05, 4.69) is 31.1 Å². The predicted octanol–water partition coefficient (Wildman–Crippen LogP) is 5.32. The van der Waals surface area contributed by atoms with Crippen molar-refractivity contribution in [1.29, 1.82) is 0 Å². The van der Waals surface area contributed by atoms with Gasteiger partial charge < -0.3 is 15.2 Å². The molecule has 0 saturated carbocycles. The summed E-state index contributed by atoms with van der Waals surface area (Å²) in [6.07, 6.45) is 0. The van der Waals surface area contributed by atoms with Crippen LogP contribution >= 0.6 is 15.9 Å². The van der Waals surface area contributed by atoms with Crippen molar-refractivity contribution in [2.24, 2.45) is 0 Å². The number of carbonyl (C=O) groups is 1. The first-order valence-electron chi connectivity index (χ1n) is 8.19. The highest BCUT2D eigenvalue weighted by Gasteiger charge is 2.12. The van der Waals surface area contributed by atoms with Gasteiger partial charge in [-0.25, -0.2) is 9.18 Å². The zero-order valence-corrected chi connectivity index (χ0v) is 16.1. The Bertz CT molecular complexity index is 938. The number of hydrogen-bond acceptors (Lipinski definition) is 1. The van der Waals surface area contributed by atoms with Crippen molar-refractivity contribution in [3.63, 3.8) is 0 Å². The number of para-hydroxylation sites is 1. The number of amides is 2. The van der Waals surface area contributed by atoms with Gasteiger partial charge in [0.1, 0.15) is 5.82 Å². The van der Waals surface area contributed by atoms with Crippen LogP contribution in [0.3, 0.4) is 0 Å². The van der Waals surface area contributed by atoms with Gasteiger partial charge in [-0.2, -0.15) is 0 Å². The molecule has 0 bridgehead atoms. The van der Waals surface area contributed by atoms with Crippen molar-refractivity contribution in [1.82, 2.24) is 9.88 Å². The average molecular weight is 416 g/mol. The summed E-state index contributed by atoms with van der Waals surface area (Å²) in [5, 5.41) is 5.31. The minimum absolute atomic E-state index is 0.139. The Hall–Kier alpha value is -2.60. The molecule has 0 unspecified atom stereocenters. The number of halogens is 2. The van der Waals surface area contributed by atoms with E-state index < -0.39 is 11.8 Å². The van der Waals surface area contributed by atoms with Crippen LogP contribution in [0.5, 0.6) is 0 Å². The van der Waals surface area contributed by atoms with Crippen LogP contribution in [0.25, 0.3) is 5.69 Å². The quantitative estimate of drug-likeness (QED) is 0.595. The van der Waals surface area contributed by atoms with Gasteiger partial charge in [-0.3, -0.25) is 0 Å². The number of aryl methyl sites for hydroxylation is 1. The summed E-state index contributed by atoms with van der Waals surface area (Å²) in [6.45, 7) is 4.40. The van der Waals surface area contributed by atoms with Gasteiger partial charge >= 0.3 is 6.03 Å². The third-order valence-corrected chi connectivity index (χ3v) is 4.66.